The fourth-order valence-electron chi connectivity index (χ4n) is 3.80. The normalized spacial score (nSPS) is 10.7. The zero-order valence-corrected chi connectivity index (χ0v) is 25.1. The van der Waals surface area contributed by atoms with Crippen molar-refractivity contribution in [2.45, 2.75) is 118 Å². The molecule has 0 amide bonds. The van der Waals surface area contributed by atoms with E-state index in [2.05, 4.69) is 84.8 Å². The van der Waals surface area contributed by atoms with E-state index in [1.54, 1.807) is 0 Å². The third-order valence-electron chi connectivity index (χ3n) is 6.30. The average molecular weight is 585 g/mol. The number of hydrogen-bond acceptors (Lipinski definition) is 0. The molecule has 0 bridgehead atoms. The summed E-state index contributed by atoms with van der Waals surface area (Å²) in [6.07, 6.45) is 25.1. The maximum Gasteiger partial charge on any atom is 0.673 e. The molecule has 212 valence electrons. The molecule has 0 saturated carbocycles. The van der Waals surface area contributed by atoms with E-state index in [0.29, 0.717) is 0 Å². The van der Waals surface area contributed by atoms with Gasteiger partial charge in [0, 0.05) is 13.8 Å². The molecule has 0 aliphatic heterocycles. The summed E-state index contributed by atoms with van der Waals surface area (Å²) in [7, 11) is -1.79. The topological polar surface area (TPSA) is 17.6 Å². The summed E-state index contributed by atoms with van der Waals surface area (Å²) >= 11 is 0. The number of imidazole rings is 2. The van der Waals surface area contributed by atoms with Crippen molar-refractivity contribution in [1.29, 1.82) is 0 Å². The van der Waals surface area contributed by atoms with Crippen LogP contribution in [0.4, 0.5) is 17.3 Å². The van der Waals surface area contributed by atoms with E-state index in [1.807, 2.05) is 0 Å². The van der Waals surface area contributed by atoms with Gasteiger partial charge in [-0.1, -0.05) is 65.2 Å². The summed E-state index contributed by atoms with van der Waals surface area (Å²) in [6.45, 7) is 11.2. The van der Waals surface area contributed by atoms with Crippen LogP contribution in [0.1, 0.15) is 103 Å². The molecule has 0 aromatic carbocycles. The zero-order chi connectivity index (χ0) is 26.7. The molecule has 2 rings (SSSR count). The summed E-state index contributed by atoms with van der Waals surface area (Å²) < 4.78 is 48.0. The molecule has 0 atom stereocenters. The molecule has 0 radical (unpaired) electrons. The van der Waals surface area contributed by atoms with E-state index in [0.717, 1.165) is 0 Å². The van der Waals surface area contributed by atoms with Gasteiger partial charge in [-0.05, 0) is 25.7 Å². The van der Waals surface area contributed by atoms with Gasteiger partial charge < -0.3 is 34.2 Å². The Morgan fingerprint density at radius 3 is 1.14 bits per heavy atom. The minimum absolute atomic E-state index is 0. The molecule has 2 aromatic heterocycles. The number of nitrogens with zero attached hydrogens (tertiary/aromatic N) is 4. The van der Waals surface area contributed by atoms with E-state index in [-0.39, 0.29) is 17.0 Å². The minimum Gasteiger partial charge on any atom is -1.00 e. The number of rotatable bonds is 14. The van der Waals surface area contributed by atoms with Crippen LogP contribution in [0.5, 0.6) is 0 Å². The lowest BCUT2D eigenvalue weighted by Gasteiger charge is -2.00. The van der Waals surface area contributed by atoms with E-state index >= 15 is 0 Å². The van der Waals surface area contributed by atoms with Gasteiger partial charge in [0.1, 0.15) is 24.8 Å². The van der Waals surface area contributed by atoms with Crippen molar-refractivity contribution in [3.8, 4) is 0 Å². The Kier molecular flexibility index (Phi) is 22.2. The first kappa shape index (κ1) is 36.8. The fourth-order valence-corrected chi connectivity index (χ4v) is 3.80. The van der Waals surface area contributed by atoms with Crippen molar-refractivity contribution in [2.75, 3.05) is 0 Å². The molecule has 0 spiro atoms. The van der Waals surface area contributed by atoms with Crippen LogP contribution < -0.4 is 26.1 Å². The number of aryl methyl sites for hydroxylation is 4. The van der Waals surface area contributed by atoms with Crippen molar-refractivity contribution >= 4 is 7.25 Å². The smallest absolute Gasteiger partial charge is 0.673 e. The molecule has 0 unspecified atom stereocenters. The van der Waals surface area contributed by atoms with E-state index in [1.165, 1.54) is 102 Å². The van der Waals surface area contributed by atoms with Crippen molar-refractivity contribution in [3.63, 3.8) is 0 Å². The Labute approximate surface area is 228 Å². The average Bonchev–Trinajstić information content (AvgIpc) is 3.28. The standard InChI is InChI=1S/2C13H25N2.BF4.BrH/c2*1-4-5-6-7-8-9-10-15-12-11-14(3)13(15)2;2-1(3,4)5;/h2*11-12H,4-10H2,1-3H3;;1H/q2*+1;-1;/p-1. The molecule has 0 fully saturated rings. The molecule has 0 aliphatic carbocycles. The van der Waals surface area contributed by atoms with Gasteiger partial charge in [-0.25, -0.2) is 18.3 Å². The molecule has 0 saturated heterocycles. The zero-order valence-electron chi connectivity index (χ0n) is 23.5. The Morgan fingerprint density at radius 1 is 0.611 bits per heavy atom. The minimum atomic E-state index is -6.00. The Balaban J connectivity index is 0. The second-order valence-electron chi connectivity index (χ2n) is 9.33. The van der Waals surface area contributed by atoms with Gasteiger partial charge in [0.05, 0.1) is 27.2 Å². The van der Waals surface area contributed by atoms with Crippen LogP contribution in [0.25, 0.3) is 0 Å². The number of hydrogen-bond donors (Lipinski definition) is 0. The summed E-state index contributed by atoms with van der Waals surface area (Å²) in [6, 6.07) is 0. The van der Waals surface area contributed by atoms with Crippen LogP contribution >= 0.6 is 0 Å². The monoisotopic (exact) mass is 584 g/mol. The quantitative estimate of drug-likeness (QED) is 0.137. The van der Waals surface area contributed by atoms with Crippen LogP contribution in [0.2, 0.25) is 0 Å². The van der Waals surface area contributed by atoms with Gasteiger partial charge in [0.15, 0.2) is 0 Å². The third-order valence-corrected chi connectivity index (χ3v) is 6.30. The van der Waals surface area contributed by atoms with Crippen molar-refractivity contribution < 1.29 is 43.4 Å². The molecular weight excluding hydrogens is 535 g/mol. The molecule has 36 heavy (non-hydrogen) atoms. The Bertz CT molecular complexity index is 714. The van der Waals surface area contributed by atoms with Crippen LogP contribution in [-0.4, -0.2) is 16.4 Å². The van der Waals surface area contributed by atoms with Crippen LogP contribution in [0, 0.1) is 13.8 Å². The number of aromatic nitrogens is 4. The molecule has 0 N–H and O–H groups in total. The van der Waals surface area contributed by atoms with Crippen molar-refractivity contribution in [2.24, 2.45) is 14.1 Å². The van der Waals surface area contributed by atoms with Gasteiger partial charge in [-0.2, -0.15) is 0 Å². The predicted molar refractivity (Wildman–Crippen MR) is 138 cm³/mol. The summed E-state index contributed by atoms with van der Waals surface area (Å²) in [5.74, 6) is 2.70. The van der Waals surface area contributed by atoms with Gasteiger partial charge in [-0.3, -0.25) is 0 Å². The Morgan fingerprint density at radius 2 is 0.889 bits per heavy atom. The highest BCUT2D eigenvalue weighted by Crippen LogP contribution is 2.08. The summed E-state index contributed by atoms with van der Waals surface area (Å²) in [5.41, 5.74) is 0. The van der Waals surface area contributed by atoms with Crippen molar-refractivity contribution in [1.82, 2.24) is 9.13 Å². The van der Waals surface area contributed by atoms with E-state index in [4.69, 9.17) is 0 Å². The fraction of sp³-hybridized carbons (Fsp3) is 0.769. The first-order chi connectivity index (χ1) is 16.5. The number of halogens is 5. The lowest BCUT2D eigenvalue weighted by Crippen LogP contribution is -3.00. The van der Waals surface area contributed by atoms with Crippen LogP contribution in [0.3, 0.4) is 0 Å². The molecule has 4 nitrogen and oxygen atoms in total. The first-order valence-electron chi connectivity index (χ1n) is 13.4. The molecule has 2 aromatic rings. The van der Waals surface area contributed by atoms with Crippen LogP contribution in [0.15, 0.2) is 24.8 Å². The maximum atomic E-state index is 9.75. The summed E-state index contributed by atoms with van der Waals surface area (Å²) in [4.78, 5) is 0. The maximum absolute atomic E-state index is 9.75. The van der Waals surface area contributed by atoms with Gasteiger partial charge in [-0.15, -0.1) is 0 Å². The SMILES string of the molecule is CCCCCCCCn1cc[n+](C)c1C.CCCCCCCCn1cc[n+](C)c1C.F[B-](F)(F)F.[Br-]. The summed E-state index contributed by atoms with van der Waals surface area (Å²) in [5, 5.41) is 0. The van der Waals surface area contributed by atoms with E-state index < -0.39 is 7.25 Å². The second-order valence-corrected chi connectivity index (χ2v) is 9.33. The Hall–Kier alpha value is -1.32. The lowest BCUT2D eigenvalue weighted by atomic mass is 10.1. The first-order valence-corrected chi connectivity index (χ1v) is 13.4. The lowest BCUT2D eigenvalue weighted by molar-refractivity contribution is -0.677. The molecule has 10 heteroatoms. The van der Waals surface area contributed by atoms with Gasteiger partial charge in [0.2, 0.25) is 0 Å². The van der Waals surface area contributed by atoms with Crippen molar-refractivity contribution in [3.05, 3.63) is 36.4 Å². The van der Waals surface area contributed by atoms with Crippen LogP contribution in [-0.2, 0) is 27.2 Å². The van der Waals surface area contributed by atoms with E-state index in [9.17, 15) is 17.3 Å². The molecular formula is C26H50BBrF4N4. The number of unbranched alkanes of at least 4 members (excludes halogenated alkanes) is 10. The van der Waals surface area contributed by atoms with Gasteiger partial charge >= 0.3 is 7.25 Å². The predicted octanol–water partition coefficient (Wildman–Crippen LogP) is 4.27. The third kappa shape index (κ3) is 19.8. The highest BCUT2D eigenvalue weighted by Gasteiger charge is 2.20. The highest BCUT2D eigenvalue weighted by molar-refractivity contribution is 6.50. The molecule has 2 heterocycles. The van der Waals surface area contributed by atoms with Gasteiger partial charge in [0.25, 0.3) is 11.6 Å². The largest absolute Gasteiger partial charge is 1.00 e. The second kappa shape index (κ2) is 21.7. The molecule has 0 aliphatic rings. The highest BCUT2D eigenvalue weighted by atomic mass is 79.9.